The number of benzene rings is 1. The van der Waals surface area contributed by atoms with Crippen LogP contribution in [0.4, 0.5) is 0 Å². The average molecular weight is 295 g/mol. The number of hydrogen-bond donors (Lipinski definition) is 2. The maximum Gasteiger partial charge on any atom is 0.122 e. The van der Waals surface area contributed by atoms with Crippen molar-refractivity contribution >= 4 is 15.9 Å². The Hall–Kier alpha value is -1.10. The minimum absolute atomic E-state index is 0.00451. The summed E-state index contributed by atoms with van der Waals surface area (Å²) in [6.07, 6.45) is 0.802. The first-order valence-electron chi connectivity index (χ1n) is 5.46. The SMILES string of the molecule is Cc1ccc(C(Cc2ccc(Br)cc2)NN)o1. The normalized spacial score (nSPS) is 12.6. The van der Waals surface area contributed by atoms with Crippen molar-refractivity contribution in [2.75, 3.05) is 0 Å². The van der Waals surface area contributed by atoms with Crippen LogP contribution >= 0.6 is 15.9 Å². The molecule has 0 aliphatic heterocycles. The standard InChI is InChI=1S/C13H15BrN2O/c1-9-2-7-13(17-9)12(16-15)8-10-3-5-11(14)6-4-10/h2-7,12,16H,8,15H2,1H3. The first kappa shape index (κ1) is 12.4. The van der Waals surface area contributed by atoms with Crippen molar-refractivity contribution in [3.8, 4) is 0 Å². The first-order chi connectivity index (χ1) is 8.19. The van der Waals surface area contributed by atoms with Crippen LogP contribution in [0.2, 0.25) is 0 Å². The third-order valence-corrected chi connectivity index (χ3v) is 3.19. The molecule has 0 spiro atoms. The van der Waals surface area contributed by atoms with Gasteiger partial charge < -0.3 is 4.42 Å². The van der Waals surface area contributed by atoms with Gasteiger partial charge in [-0.05, 0) is 43.2 Å². The maximum atomic E-state index is 5.58. The Morgan fingerprint density at radius 2 is 1.94 bits per heavy atom. The molecule has 1 heterocycles. The van der Waals surface area contributed by atoms with E-state index < -0.39 is 0 Å². The first-order valence-corrected chi connectivity index (χ1v) is 6.25. The molecule has 1 atom stereocenters. The van der Waals surface area contributed by atoms with Gasteiger partial charge in [-0.1, -0.05) is 28.1 Å². The summed E-state index contributed by atoms with van der Waals surface area (Å²) in [5.74, 6) is 7.34. The number of aryl methyl sites for hydroxylation is 1. The molecule has 2 aromatic rings. The third kappa shape index (κ3) is 3.19. The number of furan rings is 1. The lowest BCUT2D eigenvalue weighted by molar-refractivity contribution is 0.403. The van der Waals surface area contributed by atoms with E-state index in [1.807, 2.05) is 31.2 Å². The average Bonchev–Trinajstić information content (AvgIpc) is 2.75. The number of hydrazine groups is 1. The van der Waals surface area contributed by atoms with Crippen LogP contribution in [0.25, 0.3) is 0 Å². The summed E-state index contributed by atoms with van der Waals surface area (Å²) >= 11 is 3.42. The van der Waals surface area contributed by atoms with Crippen molar-refractivity contribution in [1.29, 1.82) is 0 Å². The van der Waals surface area contributed by atoms with E-state index in [9.17, 15) is 0 Å². The van der Waals surface area contributed by atoms with Crippen molar-refractivity contribution in [3.05, 3.63) is 58.0 Å². The van der Waals surface area contributed by atoms with Crippen molar-refractivity contribution in [3.63, 3.8) is 0 Å². The van der Waals surface area contributed by atoms with E-state index in [0.29, 0.717) is 0 Å². The molecule has 0 saturated heterocycles. The molecule has 0 bridgehead atoms. The van der Waals surface area contributed by atoms with E-state index in [0.717, 1.165) is 22.4 Å². The highest BCUT2D eigenvalue weighted by molar-refractivity contribution is 9.10. The Labute approximate surface area is 109 Å². The number of rotatable bonds is 4. The van der Waals surface area contributed by atoms with Crippen molar-refractivity contribution < 1.29 is 4.42 Å². The van der Waals surface area contributed by atoms with E-state index in [1.165, 1.54) is 5.56 Å². The molecule has 0 saturated carbocycles. The predicted molar refractivity (Wildman–Crippen MR) is 71.4 cm³/mol. The van der Waals surface area contributed by atoms with Gasteiger partial charge in [-0.15, -0.1) is 0 Å². The van der Waals surface area contributed by atoms with Crippen LogP contribution in [-0.2, 0) is 6.42 Å². The zero-order chi connectivity index (χ0) is 12.3. The van der Waals surface area contributed by atoms with Crippen LogP contribution in [-0.4, -0.2) is 0 Å². The van der Waals surface area contributed by atoms with Gasteiger partial charge in [-0.3, -0.25) is 5.84 Å². The van der Waals surface area contributed by atoms with Crippen molar-refractivity contribution in [2.24, 2.45) is 5.84 Å². The molecule has 2 rings (SSSR count). The second-order valence-corrected chi connectivity index (χ2v) is 4.91. The van der Waals surface area contributed by atoms with Gasteiger partial charge in [0.05, 0.1) is 6.04 Å². The third-order valence-electron chi connectivity index (χ3n) is 2.66. The molecule has 0 aliphatic rings. The number of hydrogen-bond acceptors (Lipinski definition) is 3. The van der Waals surface area contributed by atoms with Gasteiger partial charge in [0.15, 0.2) is 0 Å². The Bertz CT molecular complexity index is 478. The second-order valence-electron chi connectivity index (χ2n) is 4.00. The van der Waals surface area contributed by atoms with E-state index >= 15 is 0 Å². The smallest absolute Gasteiger partial charge is 0.122 e. The van der Waals surface area contributed by atoms with Gasteiger partial charge in [0, 0.05) is 4.47 Å². The molecular weight excluding hydrogens is 280 g/mol. The topological polar surface area (TPSA) is 51.2 Å². The van der Waals surface area contributed by atoms with Crippen molar-refractivity contribution in [1.82, 2.24) is 5.43 Å². The molecule has 4 heteroatoms. The lowest BCUT2D eigenvalue weighted by Gasteiger charge is -2.13. The lowest BCUT2D eigenvalue weighted by atomic mass is 10.0. The Morgan fingerprint density at radius 1 is 1.24 bits per heavy atom. The van der Waals surface area contributed by atoms with Gasteiger partial charge in [0.25, 0.3) is 0 Å². The quantitative estimate of drug-likeness (QED) is 0.673. The summed E-state index contributed by atoms with van der Waals surface area (Å²) in [7, 11) is 0. The fourth-order valence-electron chi connectivity index (χ4n) is 1.74. The number of nitrogens with two attached hydrogens (primary N) is 1. The highest BCUT2D eigenvalue weighted by Crippen LogP contribution is 2.21. The molecule has 1 aromatic heterocycles. The molecule has 1 unspecified atom stereocenters. The van der Waals surface area contributed by atoms with Gasteiger partial charge in [0.1, 0.15) is 11.5 Å². The fraction of sp³-hybridized carbons (Fsp3) is 0.231. The Morgan fingerprint density at radius 3 is 2.47 bits per heavy atom. The second kappa shape index (κ2) is 5.49. The summed E-state index contributed by atoms with van der Waals surface area (Å²) in [6, 6.07) is 12.1. The molecule has 17 heavy (non-hydrogen) atoms. The highest BCUT2D eigenvalue weighted by Gasteiger charge is 2.13. The van der Waals surface area contributed by atoms with E-state index in [4.69, 9.17) is 10.3 Å². The molecule has 0 aliphatic carbocycles. The van der Waals surface area contributed by atoms with Crippen LogP contribution in [0.1, 0.15) is 23.1 Å². The van der Waals surface area contributed by atoms with Crippen LogP contribution in [0.15, 0.2) is 45.3 Å². The van der Waals surface area contributed by atoms with Crippen LogP contribution in [0.5, 0.6) is 0 Å². The minimum Gasteiger partial charge on any atom is -0.465 e. The van der Waals surface area contributed by atoms with Crippen LogP contribution in [0, 0.1) is 6.92 Å². The van der Waals surface area contributed by atoms with Crippen LogP contribution < -0.4 is 11.3 Å². The number of halogens is 1. The van der Waals surface area contributed by atoms with Gasteiger partial charge >= 0.3 is 0 Å². The van der Waals surface area contributed by atoms with Gasteiger partial charge in [0.2, 0.25) is 0 Å². The van der Waals surface area contributed by atoms with Gasteiger partial charge in [-0.2, -0.15) is 0 Å². The molecule has 3 N–H and O–H groups in total. The fourth-order valence-corrected chi connectivity index (χ4v) is 2.00. The molecule has 0 amide bonds. The van der Waals surface area contributed by atoms with E-state index in [2.05, 4.69) is 33.5 Å². The summed E-state index contributed by atoms with van der Waals surface area (Å²) in [5.41, 5.74) is 4.00. The summed E-state index contributed by atoms with van der Waals surface area (Å²) in [5, 5.41) is 0. The van der Waals surface area contributed by atoms with E-state index in [-0.39, 0.29) is 6.04 Å². The van der Waals surface area contributed by atoms with Crippen molar-refractivity contribution in [2.45, 2.75) is 19.4 Å². The molecule has 90 valence electrons. The zero-order valence-electron chi connectivity index (χ0n) is 9.61. The molecular formula is C13H15BrN2O. The van der Waals surface area contributed by atoms with E-state index in [1.54, 1.807) is 0 Å². The minimum atomic E-state index is 0.00451. The monoisotopic (exact) mass is 294 g/mol. The van der Waals surface area contributed by atoms with Crippen LogP contribution in [0.3, 0.4) is 0 Å². The number of nitrogens with one attached hydrogen (secondary N) is 1. The molecule has 0 fully saturated rings. The summed E-state index contributed by atoms with van der Waals surface area (Å²) < 4.78 is 6.66. The molecule has 1 aromatic carbocycles. The predicted octanol–water partition coefficient (Wildman–Crippen LogP) is 3.10. The lowest BCUT2D eigenvalue weighted by Crippen LogP contribution is -2.29. The highest BCUT2D eigenvalue weighted by atomic mass is 79.9. The largest absolute Gasteiger partial charge is 0.465 e. The maximum absolute atomic E-state index is 5.58. The molecule has 0 radical (unpaired) electrons. The summed E-state index contributed by atoms with van der Waals surface area (Å²) in [6.45, 7) is 1.93. The molecule has 3 nitrogen and oxygen atoms in total. The summed E-state index contributed by atoms with van der Waals surface area (Å²) in [4.78, 5) is 0. The zero-order valence-corrected chi connectivity index (χ0v) is 11.2. The van der Waals surface area contributed by atoms with Gasteiger partial charge in [-0.25, -0.2) is 5.43 Å². The Balaban J connectivity index is 2.12. The Kier molecular flexibility index (Phi) is 3.99.